The summed E-state index contributed by atoms with van der Waals surface area (Å²) in [5.41, 5.74) is 4.60. The Balaban J connectivity index is 1.74. The third kappa shape index (κ3) is 3.82. The minimum absolute atomic E-state index is 0.563. The van der Waals surface area contributed by atoms with Crippen LogP contribution in [0.1, 0.15) is 35.2 Å². The Morgan fingerprint density at radius 2 is 1.95 bits per heavy atom. The average molecular weight is 282 g/mol. The molecule has 3 rings (SSSR count). The number of nitrogens with one attached hydrogen (secondary N) is 1. The van der Waals surface area contributed by atoms with Crippen molar-refractivity contribution in [2.24, 2.45) is 0 Å². The van der Waals surface area contributed by atoms with Gasteiger partial charge in [0.1, 0.15) is 6.61 Å². The topological polar surface area (TPSA) is 34.1 Å². The Hall–Kier alpha value is -1.87. The minimum atomic E-state index is 0.563. The summed E-state index contributed by atoms with van der Waals surface area (Å²) < 4.78 is 5.99. The molecule has 110 valence electrons. The molecule has 0 spiro atoms. The van der Waals surface area contributed by atoms with Gasteiger partial charge in [0.2, 0.25) is 5.88 Å². The number of pyridine rings is 1. The average Bonchev–Trinajstić information content (AvgIpc) is 3.29. The fourth-order valence-electron chi connectivity index (χ4n) is 2.42. The molecule has 3 nitrogen and oxygen atoms in total. The van der Waals surface area contributed by atoms with Gasteiger partial charge in [-0.2, -0.15) is 0 Å². The molecule has 0 atom stereocenters. The van der Waals surface area contributed by atoms with Gasteiger partial charge in [-0.1, -0.05) is 30.3 Å². The van der Waals surface area contributed by atoms with Crippen molar-refractivity contribution in [3.05, 3.63) is 58.8 Å². The van der Waals surface area contributed by atoms with Crippen molar-refractivity contribution in [3.63, 3.8) is 0 Å². The van der Waals surface area contributed by atoms with E-state index in [0.29, 0.717) is 12.6 Å². The molecule has 3 heteroatoms. The first kappa shape index (κ1) is 14.1. The molecule has 1 aromatic heterocycles. The van der Waals surface area contributed by atoms with Crippen molar-refractivity contribution in [2.45, 2.75) is 45.9 Å². The van der Waals surface area contributed by atoms with Gasteiger partial charge in [-0.3, -0.25) is 0 Å². The lowest BCUT2D eigenvalue weighted by Gasteiger charge is -2.14. The molecule has 0 bridgehead atoms. The van der Waals surface area contributed by atoms with Crippen LogP contribution < -0.4 is 10.1 Å². The van der Waals surface area contributed by atoms with E-state index in [4.69, 9.17) is 4.74 Å². The summed E-state index contributed by atoms with van der Waals surface area (Å²) in [7, 11) is 0. The van der Waals surface area contributed by atoms with Crippen LogP contribution in [0.4, 0.5) is 0 Å². The molecule has 1 saturated carbocycles. The maximum Gasteiger partial charge on any atom is 0.218 e. The number of hydrogen-bond donors (Lipinski definition) is 1. The lowest BCUT2D eigenvalue weighted by atomic mass is 10.1. The van der Waals surface area contributed by atoms with Gasteiger partial charge in [-0.05, 0) is 43.9 Å². The highest BCUT2D eigenvalue weighted by molar-refractivity contribution is 5.36. The molecule has 1 N–H and O–H groups in total. The van der Waals surface area contributed by atoms with Crippen molar-refractivity contribution in [1.82, 2.24) is 10.3 Å². The Morgan fingerprint density at radius 1 is 1.19 bits per heavy atom. The monoisotopic (exact) mass is 282 g/mol. The fraction of sp³-hybridized carbons (Fsp3) is 0.389. The first-order valence-corrected chi connectivity index (χ1v) is 7.59. The highest BCUT2D eigenvalue weighted by Gasteiger charge is 2.21. The Labute approximate surface area is 126 Å². The van der Waals surface area contributed by atoms with Gasteiger partial charge in [-0.15, -0.1) is 0 Å². The van der Waals surface area contributed by atoms with E-state index < -0.39 is 0 Å². The number of rotatable bonds is 6. The van der Waals surface area contributed by atoms with Crippen LogP contribution in [0.2, 0.25) is 0 Å². The zero-order valence-corrected chi connectivity index (χ0v) is 12.7. The second-order valence-corrected chi connectivity index (χ2v) is 5.79. The third-order valence-electron chi connectivity index (χ3n) is 3.80. The van der Waals surface area contributed by atoms with E-state index in [-0.39, 0.29) is 0 Å². The van der Waals surface area contributed by atoms with E-state index >= 15 is 0 Å². The maximum atomic E-state index is 5.99. The van der Waals surface area contributed by atoms with Gasteiger partial charge in [0.25, 0.3) is 0 Å². The molecule has 1 aliphatic rings. The summed E-state index contributed by atoms with van der Waals surface area (Å²) in [6.45, 7) is 5.55. The normalized spacial score (nSPS) is 14.2. The van der Waals surface area contributed by atoms with E-state index in [2.05, 4.69) is 35.4 Å². The predicted molar refractivity (Wildman–Crippen MR) is 84.3 cm³/mol. The molecule has 1 heterocycles. The molecule has 0 saturated heterocycles. The van der Waals surface area contributed by atoms with Crippen molar-refractivity contribution >= 4 is 0 Å². The van der Waals surface area contributed by atoms with Crippen LogP contribution in [0.15, 0.2) is 36.4 Å². The van der Waals surface area contributed by atoms with Crippen LogP contribution >= 0.6 is 0 Å². The Kier molecular flexibility index (Phi) is 4.20. The van der Waals surface area contributed by atoms with Gasteiger partial charge in [0, 0.05) is 23.8 Å². The lowest BCUT2D eigenvalue weighted by molar-refractivity contribution is 0.288. The molecule has 21 heavy (non-hydrogen) atoms. The van der Waals surface area contributed by atoms with Crippen molar-refractivity contribution < 1.29 is 4.74 Å². The first-order chi connectivity index (χ1) is 10.2. The summed E-state index contributed by atoms with van der Waals surface area (Å²) in [5, 5.41) is 3.55. The van der Waals surface area contributed by atoms with Crippen molar-refractivity contribution in [1.29, 1.82) is 0 Å². The highest BCUT2D eigenvalue weighted by atomic mass is 16.5. The molecule has 2 aromatic rings. The SMILES string of the molecule is Cc1cc(C)c(CNC2CC2)c(OCc2ccccc2)n1. The molecule has 1 aromatic carbocycles. The van der Waals surface area contributed by atoms with Gasteiger partial charge in [-0.25, -0.2) is 4.98 Å². The predicted octanol–water partition coefficient (Wildman–Crippen LogP) is 3.53. The smallest absolute Gasteiger partial charge is 0.218 e. The van der Waals surface area contributed by atoms with E-state index in [1.807, 2.05) is 25.1 Å². The molecule has 1 fully saturated rings. The largest absolute Gasteiger partial charge is 0.473 e. The summed E-state index contributed by atoms with van der Waals surface area (Å²) in [6.07, 6.45) is 2.58. The number of aromatic nitrogens is 1. The maximum absolute atomic E-state index is 5.99. The van der Waals surface area contributed by atoms with Gasteiger partial charge in [0.05, 0.1) is 0 Å². The number of aryl methyl sites for hydroxylation is 2. The molecule has 0 aliphatic heterocycles. The number of nitrogens with zero attached hydrogens (tertiary/aromatic N) is 1. The third-order valence-corrected chi connectivity index (χ3v) is 3.80. The second-order valence-electron chi connectivity index (χ2n) is 5.79. The quantitative estimate of drug-likeness (QED) is 0.880. The molecule has 0 unspecified atom stereocenters. The van der Waals surface area contributed by atoms with Crippen LogP contribution in [0, 0.1) is 13.8 Å². The van der Waals surface area contributed by atoms with Crippen LogP contribution in [0.5, 0.6) is 5.88 Å². The lowest BCUT2D eigenvalue weighted by Crippen LogP contribution is -2.17. The Bertz CT molecular complexity index is 606. The summed E-state index contributed by atoms with van der Waals surface area (Å²) >= 11 is 0. The van der Waals surface area contributed by atoms with Crippen LogP contribution in [-0.2, 0) is 13.2 Å². The van der Waals surface area contributed by atoms with Crippen molar-refractivity contribution in [2.75, 3.05) is 0 Å². The van der Waals surface area contributed by atoms with E-state index in [1.54, 1.807) is 0 Å². The van der Waals surface area contributed by atoms with Crippen LogP contribution in [0.25, 0.3) is 0 Å². The van der Waals surface area contributed by atoms with Crippen molar-refractivity contribution in [3.8, 4) is 5.88 Å². The zero-order valence-electron chi connectivity index (χ0n) is 12.7. The standard InChI is InChI=1S/C18H22N2O/c1-13-10-14(2)20-18(17(13)11-19-16-8-9-16)21-12-15-6-4-3-5-7-15/h3-7,10,16,19H,8-9,11-12H2,1-2H3. The molecule has 1 aliphatic carbocycles. The summed E-state index contributed by atoms with van der Waals surface area (Å²) in [5.74, 6) is 0.768. The summed E-state index contributed by atoms with van der Waals surface area (Å²) in [6, 6.07) is 13.0. The molecule has 0 amide bonds. The number of hydrogen-bond acceptors (Lipinski definition) is 3. The Morgan fingerprint density at radius 3 is 2.67 bits per heavy atom. The molecular weight excluding hydrogens is 260 g/mol. The highest BCUT2D eigenvalue weighted by Crippen LogP contribution is 2.25. The fourth-order valence-corrected chi connectivity index (χ4v) is 2.42. The van der Waals surface area contributed by atoms with Gasteiger partial charge in [0.15, 0.2) is 0 Å². The summed E-state index contributed by atoms with van der Waals surface area (Å²) in [4.78, 5) is 4.59. The van der Waals surface area contributed by atoms with Gasteiger partial charge >= 0.3 is 0 Å². The van der Waals surface area contributed by atoms with E-state index in [0.717, 1.165) is 18.1 Å². The number of benzene rings is 1. The molecule has 0 radical (unpaired) electrons. The minimum Gasteiger partial charge on any atom is -0.473 e. The van der Waals surface area contributed by atoms with Crippen LogP contribution in [0.3, 0.4) is 0 Å². The first-order valence-electron chi connectivity index (χ1n) is 7.59. The zero-order chi connectivity index (χ0) is 14.7. The van der Waals surface area contributed by atoms with Crippen LogP contribution in [-0.4, -0.2) is 11.0 Å². The molecular formula is C18H22N2O. The number of ether oxygens (including phenoxy) is 1. The second kappa shape index (κ2) is 6.27. The van der Waals surface area contributed by atoms with Gasteiger partial charge < -0.3 is 10.1 Å². The van der Waals surface area contributed by atoms with E-state index in [9.17, 15) is 0 Å². The van der Waals surface area contributed by atoms with E-state index in [1.165, 1.54) is 29.5 Å².